The zero-order valence-electron chi connectivity index (χ0n) is 23.2. The summed E-state index contributed by atoms with van der Waals surface area (Å²) in [6, 6.07) is -0.654. The number of halogens is 4. The molecule has 1 aromatic heterocycles. The number of rotatable bonds is 7. The van der Waals surface area contributed by atoms with E-state index in [1.54, 1.807) is 11.6 Å². The molecule has 3 saturated carbocycles. The predicted molar refractivity (Wildman–Crippen MR) is 140 cm³/mol. The smallest absolute Gasteiger partial charge is 0.353 e. The molecule has 0 spiro atoms. The summed E-state index contributed by atoms with van der Waals surface area (Å²) in [5.41, 5.74) is 0.341. The van der Waals surface area contributed by atoms with Crippen molar-refractivity contribution in [1.29, 1.82) is 5.41 Å². The van der Waals surface area contributed by atoms with Crippen LogP contribution in [-0.4, -0.2) is 46.0 Å². The number of amides is 1. The van der Waals surface area contributed by atoms with Crippen molar-refractivity contribution in [2.45, 2.75) is 102 Å². The lowest BCUT2D eigenvalue weighted by molar-refractivity contribution is -0.194. The van der Waals surface area contributed by atoms with Crippen LogP contribution in [0.5, 0.6) is 0 Å². The van der Waals surface area contributed by atoms with Gasteiger partial charge < -0.3 is 19.8 Å². The highest BCUT2D eigenvalue weighted by molar-refractivity contribution is 5.79. The fourth-order valence-electron chi connectivity index (χ4n) is 7.95. The van der Waals surface area contributed by atoms with E-state index in [2.05, 4.69) is 10.6 Å². The molecule has 3 aliphatic carbocycles. The summed E-state index contributed by atoms with van der Waals surface area (Å²) in [5.74, 6) is -1.37. The van der Waals surface area contributed by atoms with Gasteiger partial charge in [0, 0.05) is 44.0 Å². The number of carbonyl (C=O) groups is 1. The average molecular weight is 556 g/mol. The van der Waals surface area contributed by atoms with E-state index in [0.29, 0.717) is 56.7 Å². The number of imidazole rings is 1. The Hall–Kier alpha value is -1.84. The first kappa shape index (κ1) is 28.7. The molecule has 8 unspecified atom stereocenters. The number of aromatic nitrogens is 2. The molecule has 1 aromatic rings. The number of nitrogens with zero attached hydrogens (tertiary/aromatic N) is 2. The minimum atomic E-state index is -4.27. The van der Waals surface area contributed by atoms with Crippen LogP contribution in [0.15, 0.2) is 12.4 Å². The van der Waals surface area contributed by atoms with Crippen LogP contribution in [0.25, 0.3) is 0 Å². The summed E-state index contributed by atoms with van der Waals surface area (Å²) in [5, 5.41) is 14.9. The highest BCUT2D eigenvalue weighted by Gasteiger charge is 2.50. The van der Waals surface area contributed by atoms with E-state index in [-0.39, 0.29) is 48.0 Å². The second-order valence-corrected chi connectivity index (χ2v) is 13.1. The van der Waals surface area contributed by atoms with Crippen LogP contribution < -0.4 is 16.3 Å². The Kier molecular flexibility index (Phi) is 8.51. The van der Waals surface area contributed by atoms with Crippen LogP contribution in [0.1, 0.15) is 71.1 Å². The van der Waals surface area contributed by atoms with Crippen LogP contribution in [0, 0.1) is 46.8 Å². The third-order valence-electron chi connectivity index (χ3n) is 10.2. The summed E-state index contributed by atoms with van der Waals surface area (Å²) in [6.45, 7) is 3.04. The van der Waals surface area contributed by atoms with Crippen molar-refractivity contribution in [2.75, 3.05) is 6.54 Å². The summed E-state index contributed by atoms with van der Waals surface area (Å²) in [4.78, 5) is 13.8. The lowest BCUT2D eigenvalue weighted by Crippen LogP contribution is -2.54. The molecule has 220 valence electrons. The molecule has 1 amide bonds. The predicted octanol–water partition coefficient (Wildman–Crippen LogP) is 4.94. The molecule has 0 radical (unpaired) electrons. The highest BCUT2D eigenvalue weighted by atomic mass is 19.4. The van der Waals surface area contributed by atoms with E-state index >= 15 is 0 Å². The minimum Gasteiger partial charge on any atom is -0.353 e. The SMILES string of the molecule is CC1CC([C@@H](NC(=O)C2CC(Cn3ccn(C)c3=N)CC(C3NCCCC3C(F)(F)F)C2)C2CC2)CCC1F. The first-order valence-electron chi connectivity index (χ1n) is 15.0. The van der Waals surface area contributed by atoms with Crippen molar-refractivity contribution in [3.8, 4) is 0 Å². The van der Waals surface area contributed by atoms with E-state index in [1.807, 2.05) is 23.9 Å². The molecule has 5 rings (SSSR count). The van der Waals surface area contributed by atoms with E-state index in [9.17, 15) is 22.4 Å². The molecule has 1 saturated heterocycles. The molecule has 2 heterocycles. The quantitative estimate of drug-likeness (QED) is 0.417. The van der Waals surface area contributed by atoms with Gasteiger partial charge in [-0.2, -0.15) is 13.2 Å². The normalized spacial score (nSPS) is 36.9. The molecule has 4 fully saturated rings. The molecule has 4 aliphatic rings. The van der Waals surface area contributed by atoms with Gasteiger partial charge in [-0.3, -0.25) is 10.2 Å². The molecule has 0 bridgehead atoms. The number of alkyl halides is 4. The number of nitrogens with one attached hydrogen (secondary N) is 3. The van der Waals surface area contributed by atoms with Crippen molar-refractivity contribution in [3.05, 3.63) is 18.0 Å². The minimum absolute atomic E-state index is 0.00924. The second-order valence-electron chi connectivity index (χ2n) is 13.1. The van der Waals surface area contributed by atoms with Crippen molar-refractivity contribution in [3.63, 3.8) is 0 Å². The largest absolute Gasteiger partial charge is 0.393 e. The highest BCUT2D eigenvalue weighted by Crippen LogP contribution is 2.45. The van der Waals surface area contributed by atoms with Crippen molar-refractivity contribution in [1.82, 2.24) is 19.8 Å². The van der Waals surface area contributed by atoms with E-state index in [0.717, 1.165) is 25.7 Å². The summed E-state index contributed by atoms with van der Waals surface area (Å²) < 4.78 is 59.9. The maximum absolute atomic E-state index is 14.2. The maximum Gasteiger partial charge on any atom is 0.393 e. The van der Waals surface area contributed by atoms with Gasteiger partial charge in [0.15, 0.2) is 0 Å². The summed E-state index contributed by atoms with van der Waals surface area (Å²) in [6.07, 6.45) is 5.13. The zero-order valence-corrected chi connectivity index (χ0v) is 23.2. The summed E-state index contributed by atoms with van der Waals surface area (Å²) in [7, 11) is 1.80. The Morgan fingerprint density at radius 1 is 1.10 bits per heavy atom. The van der Waals surface area contributed by atoms with Crippen LogP contribution in [0.3, 0.4) is 0 Å². The lowest BCUT2D eigenvalue weighted by Gasteiger charge is -2.44. The van der Waals surface area contributed by atoms with Gasteiger partial charge in [-0.15, -0.1) is 0 Å². The third-order valence-corrected chi connectivity index (χ3v) is 10.2. The van der Waals surface area contributed by atoms with E-state index in [4.69, 9.17) is 5.41 Å². The Balaban J connectivity index is 1.34. The van der Waals surface area contributed by atoms with Gasteiger partial charge in [-0.25, -0.2) is 4.39 Å². The van der Waals surface area contributed by atoms with Crippen LogP contribution in [-0.2, 0) is 18.4 Å². The number of piperidine rings is 1. The van der Waals surface area contributed by atoms with Gasteiger partial charge in [-0.1, -0.05) is 6.92 Å². The molecule has 10 heteroatoms. The van der Waals surface area contributed by atoms with Crippen LogP contribution in [0.2, 0.25) is 0 Å². The zero-order chi connectivity index (χ0) is 27.9. The summed E-state index contributed by atoms with van der Waals surface area (Å²) >= 11 is 0. The molecule has 6 nitrogen and oxygen atoms in total. The number of hydrogen-bond acceptors (Lipinski definition) is 3. The standard InChI is InChI=1S/C29H45F4N5O/c1-17-12-20(7-8-24(17)30)25(19-5-6-19)36-27(39)22-14-18(16-38-11-10-37(2)28(38)34)13-21(15-22)26-23(29(31,32)33)4-3-9-35-26/h10-11,17-26,34-35H,3-9,12-16H2,1-2H3,(H,36,39)/t17?,18?,20?,21?,22?,23?,24?,25-,26?/m0/s1. The molecule has 9 atom stereocenters. The van der Waals surface area contributed by atoms with Gasteiger partial charge in [0.1, 0.15) is 6.17 Å². The average Bonchev–Trinajstić information content (AvgIpc) is 3.70. The topological polar surface area (TPSA) is 74.8 Å². The third kappa shape index (κ3) is 6.57. The first-order chi connectivity index (χ1) is 18.5. The second kappa shape index (κ2) is 11.6. The molecule has 39 heavy (non-hydrogen) atoms. The first-order valence-corrected chi connectivity index (χ1v) is 15.0. The Bertz CT molecular complexity index is 1050. The Labute approximate surface area is 228 Å². The van der Waals surface area contributed by atoms with Gasteiger partial charge in [0.25, 0.3) is 0 Å². The van der Waals surface area contributed by atoms with Crippen molar-refractivity contribution < 1.29 is 22.4 Å². The molecular weight excluding hydrogens is 510 g/mol. The molecule has 1 aliphatic heterocycles. The maximum atomic E-state index is 14.2. The number of hydrogen-bond donors (Lipinski definition) is 3. The molecular formula is C29H45F4N5O. The van der Waals surface area contributed by atoms with Gasteiger partial charge >= 0.3 is 6.18 Å². The van der Waals surface area contributed by atoms with Gasteiger partial charge in [0.05, 0.1) is 5.92 Å². The van der Waals surface area contributed by atoms with Crippen molar-refractivity contribution in [2.24, 2.45) is 48.5 Å². The fraction of sp³-hybridized carbons (Fsp3) is 0.862. The number of carbonyl (C=O) groups excluding carboxylic acids is 1. The van der Waals surface area contributed by atoms with E-state index in [1.165, 1.54) is 0 Å². The fourth-order valence-corrected chi connectivity index (χ4v) is 7.95. The Morgan fingerprint density at radius 3 is 2.49 bits per heavy atom. The van der Waals surface area contributed by atoms with Crippen molar-refractivity contribution >= 4 is 5.91 Å². The Morgan fingerprint density at radius 2 is 1.85 bits per heavy atom. The van der Waals surface area contributed by atoms with E-state index < -0.39 is 24.3 Å². The molecule has 0 aromatic carbocycles. The monoisotopic (exact) mass is 555 g/mol. The van der Waals surface area contributed by atoms with Gasteiger partial charge in [-0.05, 0) is 100 Å². The van der Waals surface area contributed by atoms with Gasteiger partial charge in [0.2, 0.25) is 11.5 Å². The molecule has 3 N–H and O–H groups in total. The van der Waals surface area contributed by atoms with Crippen LogP contribution >= 0.6 is 0 Å². The number of aryl methyl sites for hydroxylation is 1. The van der Waals surface area contributed by atoms with Crippen LogP contribution in [0.4, 0.5) is 17.6 Å². The lowest BCUT2D eigenvalue weighted by atomic mass is 9.68.